The Morgan fingerprint density at radius 3 is 2.37 bits per heavy atom. The molecule has 1 amide bonds. The standard InChI is InChI=1S/C11H16BrN3O3S/c1-14(2)11(16)7-15(3)19(17,18)10-5-4-8(13)6-9(10)12/h4-6H,7,13H2,1-3H3. The van der Waals surface area contributed by atoms with Crippen molar-refractivity contribution in [3.8, 4) is 0 Å². The Balaban J connectivity index is 3.07. The summed E-state index contributed by atoms with van der Waals surface area (Å²) in [5.74, 6) is -0.294. The SMILES string of the molecule is CN(C)C(=O)CN(C)S(=O)(=O)c1ccc(N)cc1Br. The quantitative estimate of drug-likeness (QED) is 0.812. The molecule has 0 aromatic heterocycles. The van der Waals surface area contributed by atoms with Crippen LogP contribution in [0.4, 0.5) is 5.69 Å². The van der Waals surface area contributed by atoms with Crippen molar-refractivity contribution in [1.29, 1.82) is 0 Å². The van der Waals surface area contributed by atoms with Crippen LogP contribution in [0.3, 0.4) is 0 Å². The smallest absolute Gasteiger partial charge is 0.244 e. The fourth-order valence-corrected chi connectivity index (χ4v) is 3.48. The van der Waals surface area contributed by atoms with Crippen LogP contribution in [0.15, 0.2) is 27.6 Å². The molecule has 0 spiro atoms. The van der Waals surface area contributed by atoms with Gasteiger partial charge in [-0.25, -0.2) is 8.42 Å². The van der Waals surface area contributed by atoms with Gasteiger partial charge in [-0.05, 0) is 34.1 Å². The van der Waals surface area contributed by atoms with E-state index >= 15 is 0 Å². The van der Waals surface area contributed by atoms with Crippen LogP contribution in [0.1, 0.15) is 0 Å². The maximum absolute atomic E-state index is 12.3. The number of sulfonamides is 1. The van der Waals surface area contributed by atoms with E-state index in [0.29, 0.717) is 10.2 Å². The van der Waals surface area contributed by atoms with Crippen molar-refractivity contribution in [1.82, 2.24) is 9.21 Å². The van der Waals surface area contributed by atoms with Crippen molar-refractivity contribution in [2.24, 2.45) is 0 Å². The van der Waals surface area contributed by atoms with Crippen LogP contribution in [0.5, 0.6) is 0 Å². The lowest BCUT2D eigenvalue weighted by molar-refractivity contribution is -0.128. The van der Waals surface area contributed by atoms with E-state index in [0.717, 1.165) is 4.31 Å². The second-order valence-electron chi connectivity index (χ2n) is 4.24. The lowest BCUT2D eigenvalue weighted by Gasteiger charge is -2.19. The minimum atomic E-state index is -3.73. The van der Waals surface area contributed by atoms with Crippen molar-refractivity contribution < 1.29 is 13.2 Å². The van der Waals surface area contributed by atoms with Crippen molar-refractivity contribution >= 4 is 37.5 Å². The highest BCUT2D eigenvalue weighted by molar-refractivity contribution is 9.10. The van der Waals surface area contributed by atoms with Gasteiger partial charge in [0.15, 0.2) is 0 Å². The molecule has 0 aliphatic rings. The van der Waals surface area contributed by atoms with E-state index in [4.69, 9.17) is 5.73 Å². The van der Waals surface area contributed by atoms with Crippen molar-refractivity contribution in [2.45, 2.75) is 4.90 Å². The molecule has 0 atom stereocenters. The zero-order chi connectivity index (χ0) is 14.8. The number of nitrogens with two attached hydrogens (primary N) is 1. The number of rotatable bonds is 4. The molecule has 8 heteroatoms. The summed E-state index contributed by atoms with van der Waals surface area (Å²) >= 11 is 3.17. The molecule has 1 rings (SSSR count). The van der Waals surface area contributed by atoms with E-state index < -0.39 is 10.0 Å². The molecule has 106 valence electrons. The first-order valence-corrected chi connectivity index (χ1v) is 7.61. The number of nitrogens with zero attached hydrogens (tertiary/aromatic N) is 2. The van der Waals surface area contributed by atoms with Crippen molar-refractivity contribution in [3.63, 3.8) is 0 Å². The molecule has 0 radical (unpaired) electrons. The van der Waals surface area contributed by atoms with Crippen molar-refractivity contribution in [2.75, 3.05) is 33.4 Å². The summed E-state index contributed by atoms with van der Waals surface area (Å²) in [6.45, 7) is -0.216. The fourth-order valence-electron chi connectivity index (χ4n) is 1.31. The van der Waals surface area contributed by atoms with Gasteiger partial charge >= 0.3 is 0 Å². The molecule has 0 aliphatic heterocycles. The molecular weight excluding hydrogens is 334 g/mol. The number of anilines is 1. The maximum atomic E-state index is 12.3. The van der Waals surface area contributed by atoms with E-state index in [1.807, 2.05) is 0 Å². The zero-order valence-corrected chi connectivity index (χ0v) is 13.3. The Kier molecular flexibility index (Phi) is 4.94. The van der Waals surface area contributed by atoms with Gasteiger partial charge in [0.1, 0.15) is 0 Å². The molecule has 0 fully saturated rings. The first-order valence-electron chi connectivity index (χ1n) is 5.37. The summed E-state index contributed by atoms with van der Waals surface area (Å²) in [7, 11) is 0.772. The molecule has 0 saturated heterocycles. The zero-order valence-electron chi connectivity index (χ0n) is 10.9. The first kappa shape index (κ1) is 15.9. The number of halogens is 1. The highest BCUT2D eigenvalue weighted by atomic mass is 79.9. The predicted octanol–water partition coefficient (Wildman–Crippen LogP) is 0.740. The summed E-state index contributed by atoms with van der Waals surface area (Å²) in [5, 5.41) is 0. The lowest BCUT2D eigenvalue weighted by Crippen LogP contribution is -2.37. The largest absolute Gasteiger partial charge is 0.399 e. The van der Waals surface area contributed by atoms with Gasteiger partial charge in [0.05, 0.1) is 11.4 Å². The second-order valence-corrected chi connectivity index (χ2v) is 7.11. The molecule has 0 bridgehead atoms. The Labute approximate surface area is 121 Å². The number of amides is 1. The van der Waals surface area contributed by atoms with Gasteiger partial charge in [0, 0.05) is 31.3 Å². The van der Waals surface area contributed by atoms with Crippen LogP contribution in [0, 0.1) is 0 Å². The van der Waals surface area contributed by atoms with Gasteiger partial charge in [0.2, 0.25) is 15.9 Å². The number of carbonyl (C=O) groups excluding carboxylic acids is 1. The molecule has 0 aliphatic carbocycles. The number of hydrogen-bond acceptors (Lipinski definition) is 4. The normalized spacial score (nSPS) is 11.6. The summed E-state index contributed by atoms with van der Waals surface area (Å²) in [5.41, 5.74) is 6.02. The summed E-state index contributed by atoms with van der Waals surface area (Å²) in [6, 6.07) is 4.42. The highest BCUT2D eigenvalue weighted by Gasteiger charge is 2.25. The Bertz CT molecular complexity index is 587. The lowest BCUT2D eigenvalue weighted by atomic mass is 10.3. The van der Waals surface area contributed by atoms with Gasteiger partial charge in [-0.15, -0.1) is 0 Å². The van der Waals surface area contributed by atoms with Gasteiger partial charge < -0.3 is 10.6 Å². The number of hydrogen-bond donors (Lipinski definition) is 1. The summed E-state index contributed by atoms with van der Waals surface area (Å²) in [4.78, 5) is 13.0. The number of nitrogen functional groups attached to an aromatic ring is 1. The number of benzene rings is 1. The van der Waals surface area contributed by atoms with Crippen molar-refractivity contribution in [3.05, 3.63) is 22.7 Å². The Morgan fingerprint density at radius 2 is 1.89 bits per heavy atom. The number of likely N-dealkylation sites (N-methyl/N-ethyl adjacent to an activating group) is 2. The van der Waals surface area contributed by atoms with Crippen LogP contribution in [0.25, 0.3) is 0 Å². The van der Waals surface area contributed by atoms with E-state index in [9.17, 15) is 13.2 Å². The average molecular weight is 350 g/mol. The van der Waals surface area contributed by atoms with Crippen LogP contribution in [0.2, 0.25) is 0 Å². The Hall–Kier alpha value is -1.12. The molecule has 2 N–H and O–H groups in total. The maximum Gasteiger partial charge on any atom is 0.244 e. The third-order valence-electron chi connectivity index (χ3n) is 2.50. The minimum absolute atomic E-state index is 0.0794. The first-order chi connectivity index (χ1) is 8.66. The Morgan fingerprint density at radius 1 is 1.32 bits per heavy atom. The molecule has 1 aromatic rings. The molecule has 1 aromatic carbocycles. The summed E-state index contributed by atoms with van der Waals surface area (Å²) in [6.07, 6.45) is 0. The van der Waals surface area contributed by atoms with E-state index in [1.54, 1.807) is 14.1 Å². The topological polar surface area (TPSA) is 83.7 Å². The monoisotopic (exact) mass is 349 g/mol. The van der Waals surface area contributed by atoms with Crippen LogP contribution < -0.4 is 5.73 Å². The molecule has 0 saturated carbocycles. The number of carbonyl (C=O) groups is 1. The van der Waals surface area contributed by atoms with E-state index in [2.05, 4.69) is 15.9 Å². The van der Waals surface area contributed by atoms with Crippen LogP contribution in [-0.2, 0) is 14.8 Å². The average Bonchev–Trinajstić information content (AvgIpc) is 2.27. The molecule has 19 heavy (non-hydrogen) atoms. The van der Waals surface area contributed by atoms with Gasteiger partial charge in [0.25, 0.3) is 0 Å². The van der Waals surface area contributed by atoms with E-state index in [1.165, 1.54) is 30.1 Å². The molecule has 6 nitrogen and oxygen atoms in total. The fraction of sp³-hybridized carbons (Fsp3) is 0.364. The highest BCUT2D eigenvalue weighted by Crippen LogP contribution is 2.26. The third kappa shape index (κ3) is 3.68. The third-order valence-corrected chi connectivity index (χ3v) is 5.28. The molecular formula is C11H16BrN3O3S. The van der Waals surface area contributed by atoms with Gasteiger partial charge in [-0.2, -0.15) is 4.31 Å². The predicted molar refractivity (Wildman–Crippen MR) is 77.1 cm³/mol. The minimum Gasteiger partial charge on any atom is -0.399 e. The van der Waals surface area contributed by atoms with Crippen LogP contribution in [-0.4, -0.2) is 51.2 Å². The molecule has 0 heterocycles. The van der Waals surface area contributed by atoms with Gasteiger partial charge in [-0.1, -0.05) is 0 Å². The van der Waals surface area contributed by atoms with E-state index in [-0.39, 0.29) is 17.3 Å². The summed E-state index contributed by atoms with van der Waals surface area (Å²) < 4.78 is 26.0. The van der Waals surface area contributed by atoms with Crippen LogP contribution >= 0.6 is 15.9 Å². The van der Waals surface area contributed by atoms with Gasteiger partial charge in [-0.3, -0.25) is 4.79 Å². The molecule has 0 unspecified atom stereocenters. The second kappa shape index (κ2) is 5.89.